The molecule has 2 atom stereocenters. The number of piperazine rings is 1. The molecule has 0 spiro atoms. The quantitative estimate of drug-likeness (QED) is 0.866. The molecule has 0 radical (unpaired) electrons. The summed E-state index contributed by atoms with van der Waals surface area (Å²) in [5, 5.41) is 4.14. The number of aryl methyl sites for hydroxylation is 1. The third-order valence-electron chi connectivity index (χ3n) is 4.84. The summed E-state index contributed by atoms with van der Waals surface area (Å²) in [6.45, 7) is 4.91. The van der Waals surface area contributed by atoms with Gasteiger partial charge in [-0.15, -0.1) is 0 Å². The molecule has 0 bridgehead atoms. The Kier molecular flexibility index (Phi) is 3.49. The van der Waals surface area contributed by atoms with Crippen LogP contribution in [0.4, 0.5) is 5.69 Å². The number of amides is 1. The van der Waals surface area contributed by atoms with Gasteiger partial charge in [0.25, 0.3) is 0 Å². The molecule has 1 aliphatic heterocycles. The number of carbonyl (C=O) groups is 1. The lowest BCUT2D eigenvalue weighted by molar-refractivity contribution is -0.121. The van der Waals surface area contributed by atoms with Crippen LogP contribution >= 0.6 is 0 Å². The minimum Gasteiger partial charge on any atom is -0.464 e. The standard InChI is InChI=1S/C17H22N4O2/c1-12-7-15(12)16-4-3-14(23-16)10-20-5-6-21(17(22)11-20)13-8-18-19(2)9-13/h3-4,8-9,12,15H,5-7,10-11H2,1-2H3/t12-,15-/m0/s1. The number of nitrogens with zero attached hydrogens (tertiary/aromatic N) is 4. The van der Waals surface area contributed by atoms with E-state index in [0.29, 0.717) is 25.6 Å². The largest absolute Gasteiger partial charge is 0.464 e. The Morgan fingerprint density at radius 2 is 2.17 bits per heavy atom. The van der Waals surface area contributed by atoms with Crippen LogP contribution in [0.25, 0.3) is 0 Å². The summed E-state index contributed by atoms with van der Waals surface area (Å²) in [5.74, 6) is 3.54. The highest BCUT2D eigenvalue weighted by atomic mass is 16.3. The van der Waals surface area contributed by atoms with E-state index < -0.39 is 0 Å². The van der Waals surface area contributed by atoms with Gasteiger partial charge in [0, 0.05) is 32.3 Å². The molecule has 2 aliphatic rings. The number of hydrogen-bond acceptors (Lipinski definition) is 4. The van der Waals surface area contributed by atoms with Gasteiger partial charge in [-0.25, -0.2) is 0 Å². The van der Waals surface area contributed by atoms with Crippen LogP contribution in [0.1, 0.15) is 30.8 Å². The predicted molar refractivity (Wildman–Crippen MR) is 86.1 cm³/mol. The van der Waals surface area contributed by atoms with Gasteiger partial charge in [0.15, 0.2) is 0 Å². The van der Waals surface area contributed by atoms with Gasteiger partial charge >= 0.3 is 0 Å². The van der Waals surface area contributed by atoms with Crippen molar-refractivity contribution in [2.75, 3.05) is 24.5 Å². The Morgan fingerprint density at radius 1 is 1.35 bits per heavy atom. The van der Waals surface area contributed by atoms with Crippen LogP contribution in [0, 0.1) is 5.92 Å². The number of rotatable bonds is 4. The van der Waals surface area contributed by atoms with Crippen molar-refractivity contribution in [3.8, 4) is 0 Å². The Hall–Kier alpha value is -2.08. The lowest BCUT2D eigenvalue weighted by Gasteiger charge is -2.33. The molecule has 1 amide bonds. The fourth-order valence-electron chi connectivity index (χ4n) is 3.30. The SMILES string of the molecule is C[C@H]1C[C@@H]1c1ccc(CN2CCN(c3cnn(C)c3)C(=O)C2)o1. The first-order chi connectivity index (χ1) is 11.1. The van der Waals surface area contributed by atoms with Gasteiger partial charge < -0.3 is 9.32 Å². The number of hydrogen-bond donors (Lipinski definition) is 0. The molecule has 122 valence electrons. The molecule has 1 saturated heterocycles. The average Bonchev–Trinajstić information content (AvgIpc) is 2.90. The van der Waals surface area contributed by atoms with E-state index in [-0.39, 0.29) is 5.91 Å². The van der Waals surface area contributed by atoms with E-state index in [1.165, 1.54) is 6.42 Å². The predicted octanol–water partition coefficient (Wildman–Crippen LogP) is 1.99. The number of anilines is 1. The van der Waals surface area contributed by atoms with Crippen LogP contribution in [0.15, 0.2) is 28.9 Å². The minimum atomic E-state index is 0.117. The third-order valence-corrected chi connectivity index (χ3v) is 4.84. The number of carbonyl (C=O) groups excluding carboxylic acids is 1. The lowest BCUT2D eigenvalue weighted by atomic mass is 10.2. The Labute approximate surface area is 135 Å². The molecule has 2 fully saturated rings. The molecular formula is C17H22N4O2. The molecule has 6 heteroatoms. The molecule has 4 rings (SSSR count). The van der Waals surface area contributed by atoms with Gasteiger partial charge in [-0.05, 0) is 24.5 Å². The smallest absolute Gasteiger partial charge is 0.241 e. The second-order valence-electron chi connectivity index (χ2n) is 6.75. The summed E-state index contributed by atoms with van der Waals surface area (Å²) < 4.78 is 7.67. The van der Waals surface area contributed by atoms with E-state index in [0.717, 1.165) is 29.7 Å². The van der Waals surface area contributed by atoms with Crippen molar-refractivity contribution >= 4 is 11.6 Å². The molecule has 6 nitrogen and oxygen atoms in total. The van der Waals surface area contributed by atoms with E-state index in [1.807, 2.05) is 18.1 Å². The first kappa shape index (κ1) is 14.5. The van der Waals surface area contributed by atoms with Crippen LogP contribution in [0.2, 0.25) is 0 Å². The maximum absolute atomic E-state index is 12.4. The molecule has 2 aromatic heterocycles. The number of furan rings is 1. The van der Waals surface area contributed by atoms with Crippen molar-refractivity contribution in [3.63, 3.8) is 0 Å². The van der Waals surface area contributed by atoms with Crippen molar-refractivity contribution in [1.29, 1.82) is 0 Å². The van der Waals surface area contributed by atoms with Crippen LogP contribution < -0.4 is 4.90 Å². The zero-order valence-electron chi connectivity index (χ0n) is 13.6. The summed E-state index contributed by atoms with van der Waals surface area (Å²) in [5.41, 5.74) is 0.875. The fourth-order valence-corrected chi connectivity index (χ4v) is 3.30. The van der Waals surface area contributed by atoms with Gasteiger partial charge in [-0.2, -0.15) is 5.10 Å². The summed E-state index contributed by atoms with van der Waals surface area (Å²) in [4.78, 5) is 16.3. The zero-order chi connectivity index (χ0) is 16.0. The van der Waals surface area contributed by atoms with Crippen LogP contribution in [0.5, 0.6) is 0 Å². The van der Waals surface area contributed by atoms with Crippen molar-refractivity contribution in [2.24, 2.45) is 13.0 Å². The lowest BCUT2D eigenvalue weighted by Crippen LogP contribution is -2.50. The van der Waals surface area contributed by atoms with Gasteiger partial charge in [0.05, 0.1) is 25.0 Å². The second kappa shape index (κ2) is 5.53. The molecule has 0 unspecified atom stereocenters. The Balaban J connectivity index is 1.37. The minimum absolute atomic E-state index is 0.117. The summed E-state index contributed by atoms with van der Waals surface area (Å²) in [6, 6.07) is 4.15. The van der Waals surface area contributed by atoms with E-state index in [2.05, 4.69) is 29.1 Å². The van der Waals surface area contributed by atoms with Gasteiger partial charge in [0.2, 0.25) is 5.91 Å². The fraction of sp³-hybridized carbons (Fsp3) is 0.529. The monoisotopic (exact) mass is 314 g/mol. The number of aromatic nitrogens is 2. The molecule has 1 saturated carbocycles. The average molecular weight is 314 g/mol. The zero-order valence-corrected chi connectivity index (χ0v) is 13.6. The van der Waals surface area contributed by atoms with Crippen LogP contribution in [0.3, 0.4) is 0 Å². The highest BCUT2D eigenvalue weighted by Gasteiger charge is 2.36. The van der Waals surface area contributed by atoms with Gasteiger partial charge in [-0.1, -0.05) is 6.92 Å². The molecule has 2 aromatic rings. The van der Waals surface area contributed by atoms with E-state index in [9.17, 15) is 4.79 Å². The molecule has 1 aliphatic carbocycles. The van der Waals surface area contributed by atoms with Gasteiger partial charge in [0.1, 0.15) is 11.5 Å². The third kappa shape index (κ3) is 2.91. The van der Waals surface area contributed by atoms with Crippen LogP contribution in [-0.2, 0) is 18.4 Å². The van der Waals surface area contributed by atoms with Gasteiger partial charge in [-0.3, -0.25) is 14.4 Å². The molecule has 3 heterocycles. The van der Waals surface area contributed by atoms with Crippen molar-refractivity contribution < 1.29 is 9.21 Å². The van der Waals surface area contributed by atoms with E-state index in [4.69, 9.17) is 4.42 Å². The van der Waals surface area contributed by atoms with E-state index >= 15 is 0 Å². The topological polar surface area (TPSA) is 54.5 Å². The van der Waals surface area contributed by atoms with E-state index in [1.54, 1.807) is 10.9 Å². The van der Waals surface area contributed by atoms with Crippen LogP contribution in [-0.4, -0.2) is 40.2 Å². The molecule has 23 heavy (non-hydrogen) atoms. The molecule has 0 aromatic carbocycles. The Bertz CT molecular complexity index is 720. The highest BCUT2D eigenvalue weighted by Crippen LogP contribution is 2.47. The first-order valence-corrected chi connectivity index (χ1v) is 8.20. The summed E-state index contributed by atoms with van der Waals surface area (Å²) >= 11 is 0. The molecule has 0 N–H and O–H groups in total. The molecular weight excluding hydrogens is 292 g/mol. The summed E-state index contributed by atoms with van der Waals surface area (Å²) in [7, 11) is 1.86. The summed E-state index contributed by atoms with van der Waals surface area (Å²) in [6.07, 6.45) is 4.85. The van der Waals surface area contributed by atoms with Crippen molar-refractivity contribution in [3.05, 3.63) is 36.0 Å². The Morgan fingerprint density at radius 3 is 2.83 bits per heavy atom. The second-order valence-corrected chi connectivity index (χ2v) is 6.75. The van der Waals surface area contributed by atoms with Crippen molar-refractivity contribution in [2.45, 2.75) is 25.8 Å². The maximum atomic E-state index is 12.4. The maximum Gasteiger partial charge on any atom is 0.241 e. The normalized spacial score (nSPS) is 25.1. The highest BCUT2D eigenvalue weighted by molar-refractivity contribution is 5.95. The van der Waals surface area contributed by atoms with Crippen molar-refractivity contribution in [1.82, 2.24) is 14.7 Å². The first-order valence-electron chi connectivity index (χ1n) is 8.20.